The van der Waals surface area contributed by atoms with Gasteiger partial charge in [-0.25, -0.2) is 5.10 Å². The van der Waals surface area contributed by atoms with E-state index in [4.69, 9.17) is 21.7 Å². The molecule has 0 fully saturated rings. The number of benzene rings is 2. The maximum Gasteiger partial charge on any atom is 0.216 e. The van der Waals surface area contributed by atoms with Crippen molar-refractivity contribution in [3.63, 3.8) is 0 Å². The number of aromatic hydroxyl groups is 1. The average molecular weight is 370 g/mol. The number of ether oxygens (including phenoxy) is 2. The van der Waals surface area contributed by atoms with Crippen LogP contribution in [0.4, 0.5) is 0 Å². The number of nitrogens with one attached hydrogen (secondary N) is 1. The van der Waals surface area contributed by atoms with Gasteiger partial charge in [-0.3, -0.25) is 0 Å². The fourth-order valence-corrected chi connectivity index (χ4v) is 2.58. The summed E-state index contributed by atoms with van der Waals surface area (Å²) < 4.78 is 12.4. The van der Waals surface area contributed by atoms with Gasteiger partial charge in [0, 0.05) is 11.1 Å². The van der Waals surface area contributed by atoms with Crippen molar-refractivity contribution in [2.75, 3.05) is 13.7 Å². The minimum Gasteiger partial charge on any atom is -0.504 e. The molecule has 0 unspecified atom stereocenters. The topological polar surface area (TPSA) is 84.7 Å². The summed E-state index contributed by atoms with van der Waals surface area (Å²) in [5.74, 6) is 1.65. The number of aromatic amines is 1. The zero-order chi connectivity index (χ0) is 18.5. The van der Waals surface area contributed by atoms with Crippen LogP contribution in [0.5, 0.6) is 17.2 Å². The van der Waals surface area contributed by atoms with E-state index in [-0.39, 0.29) is 5.75 Å². The van der Waals surface area contributed by atoms with Crippen molar-refractivity contribution >= 4 is 18.4 Å². The quantitative estimate of drug-likeness (QED) is 0.511. The number of phenolic OH excluding ortho intramolecular Hbond substituents is 1. The molecule has 0 aliphatic heterocycles. The van der Waals surface area contributed by atoms with E-state index in [2.05, 4.69) is 15.3 Å². The summed E-state index contributed by atoms with van der Waals surface area (Å²) >= 11 is 5.27. The zero-order valence-electron chi connectivity index (χ0n) is 14.3. The number of para-hydroxylation sites is 1. The maximum absolute atomic E-state index is 10.2. The first kappa shape index (κ1) is 17.7. The predicted molar refractivity (Wildman–Crippen MR) is 102 cm³/mol. The molecule has 0 aliphatic rings. The summed E-state index contributed by atoms with van der Waals surface area (Å²) in [4.78, 5) is 0. The Morgan fingerprint density at radius 3 is 2.88 bits per heavy atom. The van der Waals surface area contributed by atoms with Crippen LogP contribution in [0.3, 0.4) is 0 Å². The van der Waals surface area contributed by atoms with Gasteiger partial charge >= 0.3 is 0 Å². The Labute approximate surface area is 155 Å². The molecule has 134 valence electrons. The lowest BCUT2D eigenvalue weighted by Crippen LogP contribution is -1.97. The second kappa shape index (κ2) is 7.83. The molecular weight excluding hydrogens is 352 g/mol. The smallest absolute Gasteiger partial charge is 0.216 e. The number of nitrogens with zero attached hydrogens (tertiary/aromatic N) is 3. The lowest BCUT2D eigenvalue weighted by atomic mass is 10.2. The van der Waals surface area contributed by atoms with Gasteiger partial charge in [-0.1, -0.05) is 18.2 Å². The van der Waals surface area contributed by atoms with Gasteiger partial charge in [0.05, 0.1) is 19.9 Å². The molecule has 3 rings (SSSR count). The molecular formula is C18H18N4O3S. The molecule has 0 spiro atoms. The number of H-pyrrole nitrogens is 1. The highest BCUT2D eigenvalue weighted by molar-refractivity contribution is 7.71. The molecule has 0 bridgehead atoms. The molecule has 0 atom stereocenters. The third-order valence-corrected chi connectivity index (χ3v) is 3.88. The van der Waals surface area contributed by atoms with Crippen LogP contribution in [0.25, 0.3) is 11.4 Å². The number of aromatic nitrogens is 3. The van der Waals surface area contributed by atoms with Gasteiger partial charge in [-0.2, -0.15) is 14.9 Å². The van der Waals surface area contributed by atoms with Gasteiger partial charge in [-0.05, 0) is 43.4 Å². The lowest BCUT2D eigenvalue weighted by Gasteiger charge is -2.06. The van der Waals surface area contributed by atoms with Crippen molar-refractivity contribution in [2.24, 2.45) is 5.10 Å². The molecule has 8 heteroatoms. The third kappa shape index (κ3) is 3.60. The summed E-state index contributed by atoms with van der Waals surface area (Å²) in [6, 6.07) is 12.7. The molecule has 0 saturated carbocycles. The number of methoxy groups -OCH3 is 1. The van der Waals surface area contributed by atoms with Crippen LogP contribution in [-0.4, -0.2) is 39.9 Å². The summed E-state index contributed by atoms with van der Waals surface area (Å²) in [6.45, 7) is 2.50. The van der Waals surface area contributed by atoms with Gasteiger partial charge in [0.1, 0.15) is 5.75 Å². The largest absolute Gasteiger partial charge is 0.504 e. The van der Waals surface area contributed by atoms with Gasteiger partial charge in [0.25, 0.3) is 0 Å². The highest BCUT2D eigenvalue weighted by atomic mass is 32.1. The Morgan fingerprint density at radius 1 is 1.31 bits per heavy atom. The Balaban J connectivity index is 1.99. The molecule has 0 amide bonds. The first-order valence-electron chi connectivity index (χ1n) is 7.95. The summed E-state index contributed by atoms with van der Waals surface area (Å²) in [5.41, 5.74) is 1.30. The molecule has 1 aromatic heterocycles. The second-order valence-electron chi connectivity index (χ2n) is 5.27. The van der Waals surface area contributed by atoms with Crippen LogP contribution in [0.15, 0.2) is 47.6 Å². The maximum atomic E-state index is 10.2. The molecule has 0 aliphatic carbocycles. The fourth-order valence-electron chi connectivity index (χ4n) is 2.41. The van der Waals surface area contributed by atoms with Crippen molar-refractivity contribution in [2.45, 2.75) is 6.92 Å². The minimum absolute atomic E-state index is 0.00802. The highest BCUT2D eigenvalue weighted by Crippen LogP contribution is 2.28. The van der Waals surface area contributed by atoms with Gasteiger partial charge < -0.3 is 14.6 Å². The molecule has 7 nitrogen and oxygen atoms in total. The van der Waals surface area contributed by atoms with Crippen LogP contribution >= 0.6 is 12.2 Å². The molecule has 3 aromatic rings. The van der Waals surface area contributed by atoms with Crippen molar-refractivity contribution in [1.29, 1.82) is 0 Å². The average Bonchev–Trinajstić information content (AvgIpc) is 3.02. The van der Waals surface area contributed by atoms with E-state index in [1.165, 1.54) is 18.0 Å². The molecule has 2 N–H and O–H groups in total. The van der Waals surface area contributed by atoms with Gasteiger partial charge in [0.2, 0.25) is 4.77 Å². The van der Waals surface area contributed by atoms with E-state index in [0.29, 0.717) is 28.5 Å². The van der Waals surface area contributed by atoms with Gasteiger partial charge in [0.15, 0.2) is 17.3 Å². The van der Waals surface area contributed by atoms with Crippen LogP contribution in [-0.2, 0) is 0 Å². The van der Waals surface area contributed by atoms with Crippen LogP contribution in [0.2, 0.25) is 0 Å². The van der Waals surface area contributed by atoms with E-state index >= 15 is 0 Å². The van der Waals surface area contributed by atoms with Crippen LogP contribution in [0, 0.1) is 4.77 Å². The van der Waals surface area contributed by atoms with Crippen molar-refractivity contribution < 1.29 is 14.6 Å². The zero-order valence-corrected chi connectivity index (χ0v) is 15.2. The molecule has 0 radical (unpaired) electrons. The van der Waals surface area contributed by atoms with Crippen molar-refractivity contribution in [3.8, 4) is 28.6 Å². The normalized spacial score (nSPS) is 11.0. The third-order valence-electron chi connectivity index (χ3n) is 3.62. The standard InChI is InChI=1S/C18H18N4O3S/c1-3-25-14-8-4-6-12(10-14)17-20-21-18(26)22(17)19-11-13-7-5-9-15(24-2)16(13)23/h4-11,23H,3H2,1-2H3,(H,21,26). The monoisotopic (exact) mass is 370 g/mol. The lowest BCUT2D eigenvalue weighted by molar-refractivity contribution is 0.340. The van der Waals surface area contributed by atoms with Crippen molar-refractivity contribution in [3.05, 3.63) is 52.8 Å². The molecule has 1 heterocycles. The van der Waals surface area contributed by atoms with Gasteiger partial charge in [-0.15, -0.1) is 0 Å². The first-order valence-corrected chi connectivity index (χ1v) is 8.35. The van der Waals surface area contributed by atoms with E-state index < -0.39 is 0 Å². The Kier molecular flexibility index (Phi) is 5.33. The summed E-state index contributed by atoms with van der Waals surface area (Å²) in [6.07, 6.45) is 1.50. The number of phenols is 1. The first-order chi connectivity index (χ1) is 12.6. The highest BCUT2D eigenvalue weighted by Gasteiger charge is 2.10. The minimum atomic E-state index is 0.00802. The van der Waals surface area contributed by atoms with Crippen molar-refractivity contribution in [1.82, 2.24) is 14.9 Å². The van der Waals surface area contributed by atoms with Crippen LogP contribution < -0.4 is 9.47 Å². The second-order valence-corrected chi connectivity index (χ2v) is 5.65. The molecule has 0 saturated heterocycles. The van der Waals surface area contributed by atoms with E-state index in [9.17, 15) is 5.11 Å². The molecule has 26 heavy (non-hydrogen) atoms. The predicted octanol–water partition coefficient (Wildman–Crippen LogP) is 3.60. The number of rotatable bonds is 6. The Bertz CT molecular complexity index is 994. The fraction of sp³-hybridized carbons (Fsp3) is 0.167. The summed E-state index contributed by atoms with van der Waals surface area (Å²) in [5, 5.41) is 21.5. The SMILES string of the molecule is CCOc1cccc(-c2n[nH]c(=S)n2N=Cc2cccc(OC)c2O)c1. The number of hydrogen-bond acceptors (Lipinski definition) is 6. The molecule has 2 aromatic carbocycles. The Hall–Kier alpha value is -3.13. The number of hydrogen-bond donors (Lipinski definition) is 2. The van der Waals surface area contributed by atoms with E-state index in [1.54, 1.807) is 18.2 Å². The Morgan fingerprint density at radius 2 is 2.12 bits per heavy atom. The van der Waals surface area contributed by atoms with Crippen LogP contribution in [0.1, 0.15) is 12.5 Å². The van der Waals surface area contributed by atoms with E-state index in [1.807, 2.05) is 31.2 Å². The summed E-state index contributed by atoms with van der Waals surface area (Å²) in [7, 11) is 1.49. The van der Waals surface area contributed by atoms with E-state index in [0.717, 1.165) is 11.3 Å².